The number of nitrogens with one attached hydrogen (secondary N) is 2. The zero-order valence-electron chi connectivity index (χ0n) is 8.88. The summed E-state index contributed by atoms with van der Waals surface area (Å²) in [6.45, 7) is 0. The van der Waals surface area contributed by atoms with E-state index in [2.05, 4.69) is 26.8 Å². The van der Waals surface area contributed by atoms with Crippen molar-refractivity contribution < 1.29 is 0 Å². The van der Waals surface area contributed by atoms with E-state index in [4.69, 9.17) is 11.1 Å². The molecule has 6 nitrogen and oxygen atoms in total. The van der Waals surface area contributed by atoms with Gasteiger partial charge in [-0.3, -0.25) is 0 Å². The van der Waals surface area contributed by atoms with Crippen molar-refractivity contribution in [2.45, 2.75) is 0 Å². The quantitative estimate of drug-likeness (QED) is 0.540. The Hall–Kier alpha value is -2.65. The lowest BCUT2D eigenvalue weighted by molar-refractivity contribution is 1.14. The van der Waals surface area contributed by atoms with Crippen molar-refractivity contribution in [3.05, 3.63) is 42.2 Å². The van der Waals surface area contributed by atoms with Crippen molar-refractivity contribution in [1.82, 2.24) is 9.97 Å². The van der Waals surface area contributed by atoms with Crippen LogP contribution in [0.2, 0.25) is 0 Å². The van der Waals surface area contributed by atoms with Gasteiger partial charge in [0.05, 0.1) is 11.6 Å². The molecule has 2 aromatic rings. The lowest BCUT2D eigenvalue weighted by atomic mass is 10.2. The monoisotopic (exact) mass is 226 g/mol. The second-order valence-corrected chi connectivity index (χ2v) is 3.25. The molecule has 0 atom stereocenters. The van der Waals surface area contributed by atoms with Gasteiger partial charge in [-0.25, -0.2) is 15.8 Å². The molecular weight excluding hydrogens is 216 g/mol. The summed E-state index contributed by atoms with van der Waals surface area (Å²) in [7, 11) is 0. The molecule has 1 aromatic carbocycles. The molecule has 0 aliphatic carbocycles. The van der Waals surface area contributed by atoms with Gasteiger partial charge in [-0.15, -0.1) is 0 Å². The molecule has 1 aromatic heterocycles. The fraction of sp³-hybridized carbons (Fsp3) is 0. The van der Waals surface area contributed by atoms with E-state index in [-0.39, 0.29) is 0 Å². The Morgan fingerprint density at radius 1 is 1.12 bits per heavy atom. The Bertz CT molecular complexity index is 543. The molecule has 0 spiro atoms. The van der Waals surface area contributed by atoms with Gasteiger partial charge in [-0.05, 0) is 24.3 Å². The van der Waals surface area contributed by atoms with Crippen LogP contribution >= 0.6 is 0 Å². The molecule has 2 rings (SSSR count). The highest BCUT2D eigenvalue weighted by Crippen LogP contribution is 2.16. The Labute approximate surface area is 98.1 Å². The van der Waals surface area contributed by atoms with Gasteiger partial charge in [0, 0.05) is 11.8 Å². The summed E-state index contributed by atoms with van der Waals surface area (Å²) in [6, 6.07) is 10.8. The number of nitrogens with zero attached hydrogens (tertiary/aromatic N) is 3. The molecule has 0 saturated heterocycles. The van der Waals surface area contributed by atoms with Crippen molar-refractivity contribution in [3.63, 3.8) is 0 Å². The minimum atomic E-state index is 0.524. The first-order valence-corrected chi connectivity index (χ1v) is 4.87. The average molecular weight is 226 g/mol. The molecule has 0 radical (unpaired) electrons. The number of rotatable bonds is 3. The molecule has 0 amide bonds. The van der Waals surface area contributed by atoms with Gasteiger partial charge in [-0.2, -0.15) is 5.26 Å². The first-order chi connectivity index (χ1) is 8.31. The second-order valence-electron chi connectivity index (χ2n) is 3.25. The fourth-order valence-corrected chi connectivity index (χ4v) is 1.28. The molecule has 0 aliphatic rings. The summed E-state index contributed by atoms with van der Waals surface area (Å²) in [5.74, 6) is 6.39. The summed E-state index contributed by atoms with van der Waals surface area (Å²) in [4.78, 5) is 7.94. The van der Waals surface area contributed by atoms with Crippen LogP contribution < -0.4 is 16.6 Å². The van der Waals surface area contributed by atoms with E-state index in [0.29, 0.717) is 17.2 Å². The van der Waals surface area contributed by atoms with Crippen LogP contribution in [0.5, 0.6) is 0 Å². The summed E-state index contributed by atoms with van der Waals surface area (Å²) >= 11 is 0. The summed E-state index contributed by atoms with van der Waals surface area (Å²) in [5, 5.41) is 11.7. The molecule has 0 unspecified atom stereocenters. The van der Waals surface area contributed by atoms with Crippen LogP contribution in [0, 0.1) is 11.3 Å². The molecule has 0 fully saturated rings. The predicted octanol–water partition coefficient (Wildman–Crippen LogP) is 1.38. The molecule has 0 bridgehead atoms. The van der Waals surface area contributed by atoms with E-state index in [9.17, 15) is 0 Å². The van der Waals surface area contributed by atoms with E-state index in [0.717, 1.165) is 5.69 Å². The highest BCUT2D eigenvalue weighted by Gasteiger charge is 1.98. The third-order valence-corrected chi connectivity index (χ3v) is 2.10. The van der Waals surface area contributed by atoms with Crippen molar-refractivity contribution in [1.29, 1.82) is 5.26 Å². The number of nitriles is 1. The highest BCUT2D eigenvalue weighted by atomic mass is 15.3. The standard InChI is InChI=1S/C11H10N6/c12-6-8-1-3-9(4-2-8)16-10-5-11(17-13)15-7-14-10/h1-5,7H,13H2,(H2,14,15,16,17). The highest BCUT2D eigenvalue weighted by molar-refractivity contribution is 5.59. The minimum Gasteiger partial charge on any atom is -0.340 e. The Morgan fingerprint density at radius 2 is 1.82 bits per heavy atom. The first kappa shape index (κ1) is 10.9. The molecule has 4 N–H and O–H groups in total. The van der Waals surface area contributed by atoms with Crippen LogP contribution in [0.3, 0.4) is 0 Å². The van der Waals surface area contributed by atoms with E-state index in [1.54, 1.807) is 30.3 Å². The number of hydrogen-bond donors (Lipinski definition) is 3. The normalized spacial score (nSPS) is 9.41. The maximum absolute atomic E-state index is 8.67. The Kier molecular flexibility index (Phi) is 3.14. The summed E-state index contributed by atoms with van der Waals surface area (Å²) in [6.07, 6.45) is 1.40. The summed E-state index contributed by atoms with van der Waals surface area (Å²) in [5.41, 5.74) is 3.89. The van der Waals surface area contributed by atoms with Gasteiger partial charge < -0.3 is 10.7 Å². The third-order valence-electron chi connectivity index (χ3n) is 2.10. The van der Waals surface area contributed by atoms with Crippen LogP contribution in [-0.2, 0) is 0 Å². The zero-order valence-corrected chi connectivity index (χ0v) is 8.88. The number of aromatic nitrogens is 2. The molecule has 0 aliphatic heterocycles. The molecule has 17 heavy (non-hydrogen) atoms. The van der Waals surface area contributed by atoms with Crippen LogP contribution in [0.4, 0.5) is 17.3 Å². The van der Waals surface area contributed by atoms with Gasteiger partial charge in [0.2, 0.25) is 0 Å². The Morgan fingerprint density at radius 3 is 2.47 bits per heavy atom. The topological polar surface area (TPSA) is 99.7 Å². The number of benzene rings is 1. The van der Waals surface area contributed by atoms with Crippen LogP contribution in [0.25, 0.3) is 0 Å². The van der Waals surface area contributed by atoms with Crippen molar-refractivity contribution >= 4 is 17.3 Å². The summed E-state index contributed by atoms with van der Waals surface area (Å²) < 4.78 is 0. The van der Waals surface area contributed by atoms with Crippen LogP contribution in [0.1, 0.15) is 5.56 Å². The second kappa shape index (κ2) is 4.92. The van der Waals surface area contributed by atoms with Gasteiger partial charge in [0.1, 0.15) is 18.0 Å². The first-order valence-electron chi connectivity index (χ1n) is 4.87. The van der Waals surface area contributed by atoms with Crippen LogP contribution in [-0.4, -0.2) is 9.97 Å². The number of anilines is 3. The molecule has 84 valence electrons. The van der Waals surface area contributed by atoms with Crippen molar-refractivity contribution in [2.75, 3.05) is 10.7 Å². The fourth-order valence-electron chi connectivity index (χ4n) is 1.28. The lowest BCUT2D eigenvalue weighted by Gasteiger charge is -2.06. The average Bonchev–Trinajstić information content (AvgIpc) is 2.40. The van der Waals surface area contributed by atoms with Crippen molar-refractivity contribution in [3.8, 4) is 6.07 Å². The number of hydrazine groups is 1. The van der Waals surface area contributed by atoms with Crippen molar-refractivity contribution in [2.24, 2.45) is 5.84 Å². The van der Waals surface area contributed by atoms with E-state index < -0.39 is 0 Å². The van der Waals surface area contributed by atoms with E-state index >= 15 is 0 Å². The molecule has 0 saturated carbocycles. The molecule has 6 heteroatoms. The van der Waals surface area contributed by atoms with Gasteiger partial charge >= 0.3 is 0 Å². The largest absolute Gasteiger partial charge is 0.340 e. The SMILES string of the molecule is N#Cc1ccc(Nc2cc(NN)ncn2)cc1. The number of nitrogen functional groups attached to an aromatic ring is 1. The lowest BCUT2D eigenvalue weighted by Crippen LogP contribution is -2.09. The van der Waals surface area contributed by atoms with Gasteiger partial charge in [0.25, 0.3) is 0 Å². The smallest absolute Gasteiger partial charge is 0.145 e. The number of nitrogens with two attached hydrogens (primary N) is 1. The van der Waals surface area contributed by atoms with Gasteiger partial charge in [0.15, 0.2) is 0 Å². The predicted molar refractivity (Wildman–Crippen MR) is 64.3 cm³/mol. The Balaban J connectivity index is 2.16. The molecular formula is C11H10N6. The third kappa shape index (κ3) is 2.68. The van der Waals surface area contributed by atoms with Gasteiger partial charge in [-0.1, -0.05) is 0 Å². The van der Waals surface area contributed by atoms with Crippen LogP contribution in [0.15, 0.2) is 36.7 Å². The zero-order chi connectivity index (χ0) is 12.1. The minimum absolute atomic E-state index is 0.524. The molecule has 1 heterocycles. The van der Waals surface area contributed by atoms with E-state index in [1.165, 1.54) is 6.33 Å². The number of hydrogen-bond acceptors (Lipinski definition) is 6. The van der Waals surface area contributed by atoms with E-state index in [1.807, 2.05) is 0 Å². The maximum atomic E-state index is 8.67. The maximum Gasteiger partial charge on any atom is 0.145 e.